The first-order valence-corrected chi connectivity index (χ1v) is 7.69. The Morgan fingerprint density at radius 1 is 1.05 bits per heavy atom. The maximum atomic E-state index is 12.1. The van der Waals surface area contributed by atoms with Gasteiger partial charge in [-0.25, -0.2) is 0 Å². The summed E-state index contributed by atoms with van der Waals surface area (Å²) in [6, 6.07) is 18.5. The zero-order chi connectivity index (χ0) is 15.8. The first-order valence-electron chi connectivity index (χ1n) is 7.69. The van der Waals surface area contributed by atoms with Crippen molar-refractivity contribution in [2.24, 2.45) is 0 Å². The predicted octanol–water partition coefficient (Wildman–Crippen LogP) is 4.10. The van der Waals surface area contributed by atoms with Crippen molar-refractivity contribution < 1.29 is 4.79 Å². The number of rotatable bonds is 6. The topological polar surface area (TPSA) is 20.3 Å². The van der Waals surface area contributed by atoms with Gasteiger partial charge in [0.25, 0.3) is 0 Å². The summed E-state index contributed by atoms with van der Waals surface area (Å²) in [6.07, 6.45) is 5.49. The molecule has 0 radical (unpaired) electrons. The molecule has 2 aromatic carbocycles. The van der Waals surface area contributed by atoms with Crippen LogP contribution >= 0.6 is 0 Å². The maximum Gasteiger partial charge on any atom is 0.246 e. The zero-order valence-corrected chi connectivity index (χ0v) is 13.3. The normalized spacial score (nSPS) is 10.8. The Labute approximate surface area is 133 Å². The van der Waals surface area contributed by atoms with Crippen LogP contribution in [0.4, 0.5) is 0 Å². The highest BCUT2D eigenvalue weighted by molar-refractivity contribution is 5.91. The van der Waals surface area contributed by atoms with Crippen molar-refractivity contribution in [3.8, 4) is 0 Å². The van der Waals surface area contributed by atoms with Gasteiger partial charge in [-0.15, -0.1) is 0 Å². The molecule has 114 valence electrons. The van der Waals surface area contributed by atoms with E-state index < -0.39 is 0 Å². The molecular weight excluding hydrogens is 270 g/mol. The summed E-state index contributed by atoms with van der Waals surface area (Å²) in [6.45, 7) is 2.82. The molecule has 0 unspecified atom stereocenters. The number of nitrogens with zero attached hydrogens (tertiary/aromatic N) is 1. The number of hydrogen-bond acceptors (Lipinski definition) is 1. The first kappa shape index (κ1) is 16.0. The summed E-state index contributed by atoms with van der Waals surface area (Å²) in [5, 5.41) is 0. The van der Waals surface area contributed by atoms with E-state index in [1.165, 1.54) is 11.1 Å². The van der Waals surface area contributed by atoms with Gasteiger partial charge >= 0.3 is 0 Å². The number of carbonyl (C=O) groups excluding carboxylic acids is 1. The Balaban J connectivity index is 1.78. The molecule has 2 rings (SSSR count). The lowest BCUT2D eigenvalue weighted by Crippen LogP contribution is -2.26. The molecule has 0 aliphatic rings. The van der Waals surface area contributed by atoms with Gasteiger partial charge in [0.2, 0.25) is 5.91 Å². The van der Waals surface area contributed by atoms with E-state index in [2.05, 4.69) is 31.2 Å². The molecule has 0 N–H and O–H groups in total. The molecule has 22 heavy (non-hydrogen) atoms. The van der Waals surface area contributed by atoms with Gasteiger partial charge in [-0.05, 0) is 37.0 Å². The van der Waals surface area contributed by atoms with Crippen LogP contribution in [0.5, 0.6) is 0 Å². The van der Waals surface area contributed by atoms with Crippen molar-refractivity contribution >= 4 is 12.0 Å². The average molecular weight is 293 g/mol. The van der Waals surface area contributed by atoms with Crippen LogP contribution in [-0.4, -0.2) is 24.4 Å². The molecule has 0 atom stereocenters. The van der Waals surface area contributed by atoms with E-state index in [4.69, 9.17) is 0 Å². The minimum Gasteiger partial charge on any atom is -0.342 e. The van der Waals surface area contributed by atoms with Gasteiger partial charge in [0, 0.05) is 19.7 Å². The predicted molar refractivity (Wildman–Crippen MR) is 92.6 cm³/mol. The molecule has 2 heteroatoms. The minimum atomic E-state index is 0.0497. The summed E-state index contributed by atoms with van der Waals surface area (Å²) in [5.41, 5.74) is 3.59. The standard InChI is InChI=1S/C20H23NO/c1-17-10-12-19(13-11-17)14-15-20(22)21(2)16-6-9-18-7-4-3-5-8-18/h3-5,7-8,10-15H,6,9,16H2,1-2H3/b15-14+. The Kier molecular flexibility index (Phi) is 5.96. The van der Waals surface area contributed by atoms with E-state index in [1.54, 1.807) is 11.0 Å². The molecule has 2 aromatic rings. The van der Waals surface area contributed by atoms with Gasteiger partial charge in [-0.1, -0.05) is 60.2 Å². The van der Waals surface area contributed by atoms with E-state index in [-0.39, 0.29) is 5.91 Å². The second-order valence-electron chi connectivity index (χ2n) is 5.59. The highest BCUT2D eigenvalue weighted by atomic mass is 16.2. The van der Waals surface area contributed by atoms with Gasteiger partial charge in [-0.3, -0.25) is 4.79 Å². The lowest BCUT2D eigenvalue weighted by atomic mass is 10.1. The van der Waals surface area contributed by atoms with Crippen LogP contribution < -0.4 is 0 Å². The van der Waals surface area contributed by atoms with Crippen LogP contribution in [0.2, 0.25) is 0 Å². The molecule has 0 saturated heterocycles. The molecule has 0 aromatic heterocycles. The quantitative estimate of drug-likeness (QED) is 0.734. The molecular formula is C20H23NO. The third-order valence-electron chi connectivity index (χ3n) is 3.67. The average Bonchev–Trinajstić information content (AvgIpc) is 2.55. The Morgan fingerprint density at radius 3 is 2.41 bits per heavy atom. The Hall–Kier alpha value is -2.35. The van der Waals surface area contributed by atoms with E-state index in [9.17, 15) is 4.79 Å². The van der Waals surface area contributed by atoms with Crippen molar-refractivity contribution in [2.75, 3.05) is 13.6 Å². The van der Waals surface area contributed by atoms with Gasteiger partial charge in [-0.2, -0.15) is 0 Å². The maximum absolute atomic E-state index is 12.1. The molecule has 0 aliphatic carbocycles. The highest BCUT2D eigenvalue weighted by Gasteiger charge is 2.04. The molecule has 0 fully saturated rings. The number of carbonyl (C=O) groups is 1. The summed E-state index contributed by atoms with van der Waals surface area (Å²) in [5.74, 6) is 0.0497. The van der Waals surface area contributed by atoms with Crippen LogP contribution in [0.25, 0.3) is 6.08 Å². The molecule has 2 nitrogen and oxygen atoms in total. The van der Waals surface area contributed by atoms with Crippen LogP contribution in [0, 0.1) is 6.92 Å². The third kappa shape index (κ3) is 5.21. The lowest BCUT2D eigenvalue weighted by Gasteiger charge is -2.14. The smallest absolute Gasteiger partial charge is 0.246 e. The fourth-order valence-corrected chi connectivity index (χ4v) is 2.25. The molecule has 0 saturated carbocycles. The first-order chi connectivity index (χ1) is 10.6. The van der Waals surface area contributed by atoms with Crippen LogP contribution in [0.15, 0.2) is 60.7 Å². The number of aryl methyl sites for hydroxylation is 2. The SMILES string of the molecule is Cc1ccc(/C=C/C(=O)N(C)CCCc2ccccc2)cc1. The van der Waals surface area contributed by atoms with Crippen molar-refractivity contribution in [3.63, 3.8) is 0 Å². The zero-order valence-electron chi connectivity index (χ0n) is 13.3. The summed E-state index contributed by atoms with van der Waals surface area (Å²) in [7, 11) is 1.85. The number of amides is 1. The monoisotopic (exact) mass is 293 g/mol. The van der Waals surface area contributed by atoms with Crippen molar-refractivity contribution in [1.29, 1.82) is 0 Å². The summed E-state index contributed by atoms with van der Waals surface area (Å²) >= 11 is 0. The van der Waals surface area contributed by atoms with Crippen molar-refractivity contribution in [1.82, 2.24) is 4.90 Å². The number of likely N-dealkylation sites (N-methyl/N-ethyl adjacent to an activating group) is 1. The van der Waals surface area contributed by atoms with Crippen molar-refractivity contribution in [2.45, 2.75) is 19.8 Å². The summed E-state index contributed by atoms with van der Waals surface area (Å²) in [4.78, 5) is 13.8. The van der Waals surface area contributed by atoms with E-state index in [1.807, 2.05) is 43.5 Å². The Morgan fingerprint density at radius 2 is 1.73 bits per heavy atom. The van der Waals surface area contributed by atoms with Crippen LogP contribution in [0.1, 0.15) is 23.1 Å². The number of benzene rings is 2. The Bertz CT molecular complexity index is 614. The molecule has 0 heterocycles. The van der Waals surface area contributed by atoms with Crippen molar-refractivity contribution in [3.05, 3.63) is 77.4 Å². The van der Waals surface area contributed by atoms with Gasteiger partial charge < -0.3 is 4.90 Å². The third-order valence-corrected chi connectivity index (χ3v) is 3.67. The van der Waals surface area contributed by atoms with Crippen LogP contribution in [0.3, 0.4) is 0 Å². The second kappa shape index (κ2) is 8.18. The molecule has 0 spiro atoms. The van der Waals surface area contributed by atoms with E-state index >= 15 is 0 Å². The van der Waals surface area contributed by atoms with E-state index in [0.717, 1.165) is 24.9 Å². The van der Waals surface area contributed by atoms with Gasteiger partial charge in [0.15, 0.2) is 0 Å². The molecule has 0 bridgehead atoms. The van der Waals surface area contributed by atoms with E-state index in [0.29, 0.717) is 0 Å². The van der Waals surface area contributed by atoms with Crippen LogP contribution in [-0.2, 0) is 11.2 Å². The number of hydrogen-bond donors (Lipinski definition) is 0. The molecule has 1 amide bonds. The molecule has 0 aliphatic heterocycles. The van der Waals surface area contributed by atoms with Gasteiger partial charge in [0.1, 0.15) is 0 Å². The largest absolute Gasteiger partial charge is 0.342 e. The fourth-order valence-electron chi connectivity index (χ4n) is 2.25. The fraction of sp³-hybridized carbons (Fsp3) is 0.250. The second-order valence-corrected chi connectivity index (χ2v) is 5.59. The summed E-state index contributed by atoms with van der Waals surface area (Å²) < 4.78 is 0. The van der Waals surface area contributed by atoms with Gasteiger partial charge in [0.05, 0.1) is 0 Å². The lowest BCUT2D eigenvalue weighted by molar-refractivity contribution is -0.124. The minimum absolute atomic E-state index is 0.0497. The highest BCUT2D eigenvalue weighted by Crippen LogP contribution is 2.06.